The molecule has 0 spiro atoms. The molecule has 0 bridgehead atoms. The molecule has 0 fully saturated rings. The molecule has 0 heterocycles. The van der Waals surface area contributed by atoms with Gasteiger partial charge in [0, 0.05) is 0 Å². The average Bonchev–Trinajstić information content (AvgIpc) is 2.14. The Hall–Kier alpha value is -1.14. The smallest absolute Gasteiger partial charge is 0.332 e. The third kappa shape index (κ3) is 11.1. The molecule has 6 nitrogen and oxygen atoms in total. The van der Waals surface area contributed by atoms with E-state index in [-0.39, 0.29) is 32.2 Å². The largest absolute Gasteiger partial charge is 0.461 e. The lowest BCUT2D eigenvalue weighted by molar-refractivity contribution is -0.164. The summed E-state index contributed by atoms with van der Waals surface area (Å²) in [5.74, 6) is -0.929. The van der Waals surface area contributed by atoms with Crippen molar-refractivity contribution in [3.05, 3.63) is 0 Å². The van der Waals surface area contributed by atoms with Crippen molar-refractivity contribution >= 4 is 11.9 Å². The number of esters is 2. The molecule has 6 heteroatoms. The van der Waals surface area contributed by atoms with E-state index in [0.29, 0.717) is 0 Å². The number of carbonyl (C=O) groups is 2. The summed E-state index contributed by atoms with van der Waals surface area (Å²) < 4.78 is 19.3. The van der Waals surface area contributed by atoms with Gasteiger partial charge in [-0.2, -0.15) is 0 Å². The Labute approximate surface area is 101 Å². The molecule has 0 N–H and O–H groups in total. The average molecular weight is 248 g/mol. The number of ether oxygens (including phenoxy) is 4. The van der Waals surface area contributed by atoms with Gasteiger partial charge in [0.25, 0.3) is 0 Å². The first kappa shape index (κ1) is 15.9. The van der Waals surface area contributed by atoms with Crippen molar-refractivity contribution in [1.82, 2.24) is 0 Å². The highest BCUT2D eigenvalue weighted by Gasteiger charge is 2.07. The Kier molecular flexibility index (Phi) is 8.35. The SMILES string of the molecule is CC(C)OC(=O)COCOCC(=O)OC(C)C. The van der Waals surface area contributed by atoms with Crippen LogP contribution >= 0.6 is 0 Å². The van der Waals surface area contributed by atoms with Crippen LogP contribution in [-0.2, 0) is 28.5 Å². The number of hydrogen-bond donors (Lipinski definition) is 0. The Balaban J connectivity index is 3.40. The minimum atomic E-state index is -0.464. The van der Waals surface area contributed by atoms with Crippen LogP contribution in [0, 0.1) is 0 Å². The van der Waals surface area contributed by atoms with Gasteiger partial charge in [-0.15, -0.1) is 0 Å². The first-order chi connectivity index (χ1) is 7.91. The maximum atomic E-state index is 11.0. The van der Waals surface area contributed by atoms with Crippen LogP contribution in [0.15, 0.2) is 0 Å². The minimum absolute atomic E-state index is 0.152. The number of rotatable bonds is 8. The summed E-state index contributed by atoms with van der Waals surface area (Å²) in [5.41, 5.74) is 0. The van der Waals surface area contributed by atoms with Crippen molar-refractivity contribution < 1.29 is 28.5 Å². The van der Waals surface area contributed by atoms with Gasteiger partial charge >= 0.3 is 11.9 Å². The van der Waals surface area contributed by atoms with Crippen molar-refractivity contribution in [3.8, 4) is 0 Å². The third-order valence-corrected chi connectivity index (χ3v) is 1.34. The highest BCUT2D eigenvalue weighted by molar-refractivity contribution is 5.71. The summed E-state index contributed by atoms with van der Waals surface area (Å²) in [4.78, 5) is 22.0. The molecule has 0 aromatic heterocycles. The Morgan fingerprint density at radius 1 is 0.824 bits per heavy atom. The molecule has 0 saturated carbocycles. The summed E-state index contributed by atoms with van der Waals surface area (Å²) >= 11 is 0. The zero-order valence-electron chi connectivity index (χ0n) is 10.7. The molecule has 0 aliphatic rings. The van der Waals surface area contributed by atoms with Gasteiger partial charge in [0.15, 0.2) is 0 Å². The number of carbonyl (C=O) groups excluding carboxylic acids is 2. The minimum Gasteiger partial charge on any atom is -0.461 e. The molecule has 0 rings (SSSR count). The second-order valence-corrected chi connectivity index (χ2v) is 3.89. The molecular formula is C11H20O6. The summed E-state index contributed by atoms with van der Waals surface area (Å²) in [6.45, 7) is 6.44. The van der Waals surface area contributed by atoms with E-state index in [0.717, 1.165) is 0 Å². The molecule has 0 radical (unpaired) electrons. The van der Waals surface area contributed by atoms with Gasteiger partial charge in [-0.05, 0) is 27.7 Å². The van der Waals surface area contributed by atoms with E-state index in [1.54, 1.807) is 27.7 Å². The molecule has 0 atom stereocenters. The summed E-state index contributed by atoms with van der Waals surface area (Å²) in [7, 11) is 0. The maximum Gasteiger partial charge on any atom is 0.332 e. The molecule has 0 saturated heterocycles. The normalized spacial score (nSPS) is 10.7. The van der Waals surface area contributed by atoms with Crippen LogP contribution in [0.25, 0.3) is 0 Å². The second-order valence-electron chi connectivity index (χ2n) is 3.89. The van der Waals surface area contributed by atoms with Gasteiger partial charge in [0.2, 0.25) is 0 Å². The molecule has 17 heavy (non-hydrogen) atoms. The van der Waals surface area contributed by atoms with Gasteiger partial charge < -0.3 is 18.9 Å². The second kappa shape index (κ2) is 8.95. The van der Waals surface area contributed by atoms with E-state index in [4.69, 9.17) is 18.9 Å². The van der Waals surface area contributed by atoms with Crippen molar-refractivity contribution in [2.24, 2.45) is 0 Å². The van der Waals surface area contributed by atoms with Crippen LogP contribution in [0.3, 0.4) is 0 Å². The zero-order chi connectivity index (χ0) is 13.3. The molecule has 100 valence electrons. The summed E-state index contributed by atoms with van der Waals surface area (Å²) in [6.07, 6.45) is -0.346. The lowest BCUT2D eigenvalue weighted by Gasteiger charge is -2.09. The molecule has 0 aliphatic carbocycles. The van der Waals surface area contributed by atoms with Gasteiger partial charge in [-0.25, -0.2) is 9.59 Å². The van der Waals surface area contributed by atoms with E-state index >= 15 is 0 Å². The van der Waals surface area contributed by atoms with Crippen LogP contribution in [0.2, 0.25) is 0 Å². The summed E-state index contributed by atoms with van der Waals surface area (Å²) in [6, 6.07) is 0. The number of hydrogen-bond acceptors (Lipinski definition) is 6. The fraction of sp³-hybridized carbons (Fsp3) is 0.818. The fourth-order valence-electron chi connectivity index (χ4n) is 0.903. The van der Waals surface area contributed by atoms with Crippen LogP contribution < -0.4 is 0 Å². The van der Waals surface area contributed by atoms with E-state index in [1.165, 1.54) is 0 Å². The van der Waals surface area contributed by atoms with Crippen LogP contribution in [0.4, 0.5) is 0 Å². The Morgan fingerprint density at radius 2 is 1.18 bits per heavy atom. The highest BCUT2D eigenvalue weighted by atomic mass is 16.7. The first-order valence-corrected chi connectivity index (χ1v) is 5.46. The van der Waals surface area contributed by atoms with Crippen LogP contribution in [0.5, 0.6) is 0 Å². The Morgan fingerprint density at radius 3 is 1.47 bits per heavy atom. The summed E-state index contributed by atoms with van der Waals surface area (Å²) in [5, 5.41) is 0. The van der Waals surface area contributed by atoms with Gasteiger partial charge in [0.1, 0.15) is 20.0 Å². The molecule has 0 unspecified atom stereocenters. The van der Waals surface area contributed by atoms with Crippen molar-refractivity contribution in [3.63, 3.8) is 0 Å². The fourth-order valence-corrected chi connectivity index (χ4v) is 0.903. The predicted octanol–water partition coefficient (Wildman–Crippen LogP) is 0.880. The molecule has 0 aromatic rings. The lowest BCUT2D eigenvalue weighted by Crippen LogP contribution is -2.20. The lowest BCUT2D eigenvalue weighted by atomic mass is 10.5. The molecule has 0 aromatic carbocycles. The standard InChI is InChI=1S/C11H20O6/c1-8(2)16-10(12)5-14-7-15-6-11(13)17-9(3)4/h8-9H,5-7H2,1-4H3. The molecule has 0 aliphatic heterocycles. The monoisotopic (exact) mass is 248 g/mol. The van der Waals surface area contributed by atoms with Gasteiger partial charge in [0.05, 0.1) is 12.2 Å². The third-order valence-electron chi connectivity index (χ3n) is 1.34. The van der Waals surface area contributed by atoms with E-state index < -0.39 is 11.9 Å². The van der Waals surface area contributed by atoms with Crippen LogP contribution in [-0.4, -0.2) is 44.2 Å². The van der Waals surface area contributed by atoms with Crippen molar-refractivity contribution in [2.45, 2.75) is 39.9 Å². The predicted molar refractivity (Wildman–Crippen MR) is 59.2 cm³/mol. The van der Waals surface area contributed by atoms with E-state index in [2.05, 4.69) is 0 Å². The molecule has 0 amide bonds. The van der Waals surface area contributed by atoms with E-state index in [1.807, 2.05) is 0 Å². The highest BCUT2D eigenvalue weighted by Crippen LogP contribution is 1.92. The zero-order valence-corrected chi connectivity index (χ0v) is 10.7. The Bertz CT molecular complexity index is 212. The van der Waals surface area contributed by atoms with Crippen molar-refractivity contribution in [1.29, 1.82) is 0 Å². The van der Waals surface area contributed by atoms with Gasteiger partial charge in [-0.3, -0.25) is 0 Å². The first-order valence-electron chi connectivity index (χ1n) is 5.46. The van der Waals surface area contributed by atoms with Gasteiger partial charge in [-0.1, -0.05) is 0 Å². The topological polar surface area (TPSA) is 71.1 Å². The quantitative estimate of drug-likeness (QED) is 0.361. The van der Waals surface area contributed by atoms with Crippen molar-refractivity contribution in [2.75, 3.05) is 20.0 Å². The maximum absolute atomic E-state index is 11.0. The van der Waals surface area contributed by atoms with Crippen LogP contribution in [0.1, 0.15) is 27.7 Å². The molecular weight excluding hydrogens is 228 g/mol. The van der Waals surface area contributed by atoms with E-state index in [9.17, 15) is 9.59 Å².